The van der Waals surface area contributed by atoms with Crippen molar-refractivity contribution in [2.75, 3.05) is 5.32 Å². The minimum atomic E-state index is -0.242. The SMILES string of the molecule is Cc1ccc(NC(=O)c2ccc(Cl)cc2Cl)c(C)c1. The maximum atomic E-state index is 12.1. The lowest BCUT2D eigenvalue weighted by Gasteiger charge is -2.10. The summed E-state index contributed by atoms with van der Waals surface area (Å²) in [5.74, 6) is -0.242. The molecule has 0 aromatic heterocycles. The summed E-state index contributed by atoms with van der Waals surface area (Å²) in [6.07, 6.45) is 0. The van der Waals surface area contributed by atoms with Crippen molar-refractivity contribution in [1.82, 2.24) is 0 Å². The number of rotatable bonds is 2. The summed E-state index contributed by atoms with van der Waals surface area (Å²) in [5, 5.41) is 3.70. The largest absolute Gasteiger partial charge is 0.322 e. The molecule has 0 aliphatic carbocycles. The second kappa shape index (κ2) is 5.64. The molecule has 0 aliphatic heterocycles. The first kappa shape index (κ1) is 13.9. The van der Waals surface area contributed by atoms with Gasteiger partial charge in [-0.2, -0.15) is 0 Å². The van der Waals surface area contributed by atoms with E-state index in [2.05, 4.69) is 5.32 Å². The lowest BCUT2D eigenvalue weighted by molar-refractivity contribution is 0.102. The summed E-state index contributed by atoms with van der Waals surface area (Å²) in [5.41, 5.74) is 3.35. The highest BCUT2D eigenvalue weighted by Gasteiger charge is 2.11. The molecule has 1 N–H and O–H groups in total. The van der Waals surface area contributed by atoms with Crippen molar-refractivity contribution < 1.29 is 4.79 Å². The number of amides is 1. The molecule has 0 heterocycles. The Hall–Kier alpha value is -1.51. The van der Waals surface area contributed by atoms with Gasteiger partial charge in [0.05, 0.1) is 10.6 Å². The topological polar surface area (TPSA) is 29.1 Å². The van der Waals surface area contributed by atoms with Crippen LogP contribution in [0.3, 0.4) is 0 Å². The third-order valence-corrected chi connectivity index (χ3v) is 3.35. The summed E-state index contributed by atoms with van der Waals surface area (Å²) in [6.45, 7) is 3.96. The number of carbonyl (C=O) groups excluding carboxylic acids is 1. The molecular weight excluding hydrogens is 281 g/mol. The van der Waals surface area contributed by atoms with Crippen LogP contribution in [0.4, 0.5) is 5.69 Å². The van der Waals surface area contributed by atoms with Crippen molar-refractivity contribution in [3.8, 4) is 0 Å². The van der Waals surface area contributed by atoms with Gasteiger partial charge in [-0.3, -0.25) is 4.79 Å². The Morgan fingerprint density at radius 3 is 2.42 bits per heavy atom. The number of benzene rings is 2. The maximum absolute atomic E-state index is 12.1. The Labute approximate surface area is 122 Å². The van der Waals surface area contributed by atoms with Gasteiger partial charge in [0.2, 0.25) is 0 Å². The van der Waals surface area contributed by atoms with Gasteiger partial charge in [0.15, 0.2) is 0 Å². The lowest BCUT2D eigenvalue weighted by atomic mass is 10.1. The minimum absolute atomic E-state index is 0.242. The normalized spacial score (nSPS) is 10.3. The Balaban J connectivity index is 2.25. The Bertz CT molecular complexity index is 638. The Kier molecular flexibility index (Phi) is 4.13. The third-order valence-electron chi connectivity index (χ3n) is 2.81. The number of aryl methyl sites for hydroxylation is 2. The number of nitrogens with one attached hydrogen (secondary N) is 1. The van der Waals surface area contributed by atoms with Crippen molar-refractivity contribution >= 4 is 34.8 Å². The monoisotopic (exact) mass is 293 g/mol. The predicted octanol–water partition coefficient (Wildman–Crippen LogP) is 4.86. The van der Waals surface area contributed by atoms with E-state index in [0.29, 0.717) is 15.6 Å². The zero-order valence-electron chi connectivity index (χ0n) is 10.6. The van der Waals surface area contributed by atoms with Crippen LogP contribution < -0.4 is 5.32 Å². The number of anilines is 1. The molecule has 0 fully saturated rings. The average Bonchev–Trinajstić information content (AvgIpc) is 2.32. The molecule has 0 atom stereocenters. The Morgan fingerprint density at radius 1 is 1.05 bits per heavy atom. The van der Waals surface area contributed by atoms with Gasteiger partial charge in [0, 0.05) is 10.7 Å². The molecule has 0 aliphatic rings. The molecule has 0 bridgehead atoms. The van der Waals surface area contributed by atoms with Gasteiger partial charge in [-0.15, -0.1) is 0 Å². The molecule has 0 saturated carbocycles. The van der Waals surface area contributed by atoms with Crippen molar-refractivity contribution in [2.45, 2.75) is 13.8 Å². The highest BCUT2D eigenvalue weighted by molar-refractivity contribution is 6.37. The molecule has 2 aromatic carbocycles. The van der Waals surface area contributed by atoms with Crippen LogP contribution in [0.1, 0.15) is 21.5 Å². The van der Waals surface area contributed by atoms with Crippen LogP contribution in [-0.4, -0.2) is 5.91 Å². The van der Waals surface area contributed by atoms with Gasteiger partial charge in [-0.1, -0.05) is 40.9 Å². The summed E-state index contributed by atoms with van der Waals surface area (Å²) in [4.78, 5) is 12.1. The number of hydrogen-bond acceptors (Lipinski definition) is 1. The second-order valence-electron chi connectivity index (χ2n) is 4.40. The molecular formula is C15H13Cl2NO. The lowest BCUT2D eigenvalue weighted by Crippen LogP contribution is -2.13. The number of carbonyl (C=O) groups is 1. The summed E-state index contributed by atoms with van der Waals surface area (Å²) >= 11 is 11.8. The zero-order chi connectivity index (χ0) is 14.0. The smallest absolute Gasteiger partial charge is 0.257 e. The van der Waals surface area contributed by atoms with Crippen LogP contribution in [0.15, 0.2) is 36.4 Å². The quantitative estimate of drug-likeness (QED) is 0.841. The van der Waals surface area contributed by atoms with Gasteiger partial charge >= 0.3 is 0 Å². The van der Waals surface area contributed by atoms with Gasteiger partial charge in [0.1, 0.15) is 0 Å². The fraction of sp³-hybridized carbons (Fsp3) is 0.133. The van der Waals surface area contributed by atoms with E-state index in [4.69, 9.17) is 23.2 Å². The molecule has 0 spiro atoms. The fourth-order valence-electron chi connectivity index (χ4n) is 1.82. The van der Waals surface area contributed by atoms with E-state index in [1.165, 1.54) is 0 Å². The standard InChI is InChI=1S/C15H13Cl2NO/c1-9-3-6-14(10(2)7-9)18-15(19)12-5-4-11(16)8-13(12)17/h3-8H,1-2H3,(H,18,19). The Morgan fingerprint density at radius 2 is 1.79 bits per heavy atom. The first-order valence-corrected chi connectivity index (χ1v) is 6.56. The van der Waals surface area contributed by atoms with Crippen LogP contribution in [0.25, 0.3) is 0 Å². The van der Waals surface area contributed by atoms with Gasteiger partial charge in [-0.05, 0) is 43.7 Å². The van der Waals surface area contributed by atoms with Gasteiger partial charge in [-0.25, -0.2) is 0 Å². The number of hydrogen-bond donors (Lipinski definition) is 1. The summed E-state index contributed by atoms with van der Waals surface area (Å²) in [6, 6.07) is 10.7. The highest BCUT2D eigenvalue weighted by atomic mass is 35.5. The van der Waals surface area contributed by atoms with Crippen molar-refractivity contribution in [3.05, 3.63) is 63.1 Å². The van der Waals surface area contributed by atoms with Crippen molar-refractivity contribution in [3.63, 3.8) is 0 Å². The molecule has 4 heteroatoms. The van der Waals surface area contributed by atoms with E-state index in [9.17, 15) is 4.79 Å². The van der Waals surface area contributed by atoms with Crippen LogP contribution in [0.5, 0.6) is 0 Å². The predicted molar refractivity (Wildman–Crippen MR) is 80.3 cm³/mol. The molecule has 1 amide bonds. The average molecular weight is 294 g/mol. The van der Waals surface area contributed by atoms with Crippen molar-refractivity contribution in [2.24, 2.45) is 0 Å². The van der Waals surface area contributed by atoms with E-state index in [0.717, 1.165) is 16.8 Å². The molecule has 98 valence electrons. The second-order valence-corrected chi connectivity index (χ2v) is 5.24. The molecule has 19 heavy (non-hydrogen) atoms. The molecule has 2 aromatic rings. The first-order chi connectivity index (χ1) is 8.97. The first-order valence-electron chi connectivity index (χ1n) is 5.81. The van der Waals surface area contributed by atoms with Crippen molar-refractivity contribution in [1.29, 1.82) is 0 Å². The third kappa shape index (κ3) is 3.28. The van der Waals surface area contributed by atoms with Crippen LogP contribution in [0, 0.1) is 13.8 Å². The minimum Gasteiger partial charge on any atom is -0.322 e. The van der Waals surface area contributed by atoms with E-state index in [1.807, 2.05) is 32.0 Å². The number of halogens is 2. The van der Waals surface area contributed by atoms with Crippen LogP contribution >= 0.6 is 23.2 Å². The summed E-state index contributed by atoms with van der Waals surface area (Å²) < 4.78 is 0. The van der Waals surface area contributed by atoms with Crippen LogP contribution in [0.2, 0.25) is 10.0 Å². The fourth-order valence-corrected chi connectivity index (χ4v) is 2.31. The molecule has 2 nitrogen and oxygen atoms in total. The van der Waals surface area contributed by atoms with E-state index in [1.54, 1.807) is 18.2 Å². The maximum Gasteiger partial charge on any atom is 0.257 e. The van der Waals surface area contributed by atoms with Gasteiger partial charge < -0.3 is 5.32 Å². The van der Waals surface area contributed by atoms with E-state index < -0.39 is 0 Å². The summed E-state index contributed by atoms with van der Waals surface area (Å²) in [7, 11) is 0. The molecule has 0 unspecified atom stereocenters. The van der Waals surface area contributed by atoms with Gasteiger partial charge in [0.25, 0.3) is 5.91 Å². The van der Waals surface area contributed by atoms with Crippen LogP contribution in [-0.2, 0) is 0 Å². The molecule has 0 saturated heterocycles. The zero-order valence-corrected chi connectivity index (χ0v) is 12.1. The van der Waals surface area contributed by atoms with E-state index in [-0.39, 0.29) is 5.91 Å². The highest BCUT2D eigenvalue weighted by Crippen LogP contribution is 2.23. The molecule has 2 rings (SSSR count). The molecule has 0 radical (unpaired) electrons. The van der Waals surface area contributed by atoms with E-state index >= 15 is 0 Å².